The van der Waals surface area contributed by atoms with Crippen LogP contribution in [0.3, 0.4) is 0 Å². The van der Waals surface area contributed by atoms with Crippen molar-refractivity contribution in [2.45, 2.75) is 6.54 Å². The predicted octanol–water partition coefficient (Wildman–Crippen LogP) is 0.244. The van der Waals surface area contributed by atoms with Gasteiger partial charge in [0.1, 0.15) is 0 Å². The largest absolute Gasteiger partial charge is 0.465 e. The lowest BCUT2D eigenvalue weighted by Gasteiger charge is -1.96. The van der Waals surface area contributed by atoms with E-state index >= 15 is 0 Å². The fourth-order valence-corrected chi connectivity index (χ4v) is 0.594. The quantitative estimate of drug-likeness (QED) is 0.638. The molecule has 0 saturated carbocycles. The van der Waals surface area contributed by atoms with Crippen LogP contribution in [0.25, 0.3) is 0 Å². The van der Waals surface area contributed by atoms with E-state index in [0.717, 1.165) is 0 Å². The molecule has 5 nitrogen and oxygen atoms in total. The summed E-state index contributed by atoms with van der Waals surface area (Å²) in [6.45, 7) is 0.198. The maximum absolute atomic E-state index is 10.0. The van der Waals surface area contributed by atoms with Crippen LogP contribution in [0.1, 0.15) is 5.69 Å². The zero-order chi connectivity index (χ0) is 8.10. The fourth-order valence-electron chi connectivity index (χ4n) is 0.594. The van der Waals surface area contributed by atoms with Crippen molar-refractivity contribution in [1.82, 2.24) is 15.5 Å². The first-order chi connectivity index (χ1) is 5.29. The van der Waals surface area contributed by atoms with Crippen LogP contribution in [0.2, 0.25) is 0 Å². The molecule has 1 aromatic heterocycles. The molecule has 0 fully saturated rings. The van der Waals surface area contributed by atoms with E-state index in [1.165, 1.54) is 6.20 Å². The lowest BCUT2D eigenvalue weighted by atomic mass is 10.4. The Labute approximate surface area is 63.1 Å². The standard InChI is InChI=1S/C6H7N3O2/c10-6(11)7-4-5-2-1-3-8-9-5/h1-3,7H,4H2,(H,10,11). The summed E-state index contributed by atoms with van der Waals surface area (Å²) in [5.74, 6) is 0. The summed E-state index contributed by atoms with van der Waals surface area (Å²) in [4.78, 5) is 10.0. The van der Waals surface area contributed by atoms with Crippen LogP contribution in [0.5, 0.6) is 0 Å². The number of amides is 1. The first kappa shape index (κ1) is 7.46. The predicted molar refractivity (Wildman–Crippen MR) is 36.9 cm³/mol. The van der Waals surface area contributed by atoms with Crippen molar-refractivity contribution in [3.05, 3.63) is 24.0 Å². The molecule has 11 heavy (non-hydrogen) atoms. The number of hydrogen-bond acceptors (Lipinski definition) is 3. The van der Waals surface area contributed by atoms with Crippen molar-refractivity contribution in [3.63, 3.8) is 0 Å². The van der Waals surface area contributed by atoms with E-state index in [0.29, 0.717) is 5.69 Å². The maximum Gasteiger partial charge on any atom is 0.404 e. The van der Waals surface area contributed by atoms with Gasteiger partial charge in [0.2, 0.25) is 0 Å². The highest BCUT2D eigenvalue weighted by Crippen LogP contribution is 1.88. The SMILES string of the molecule is O=C(O)NCc1cccnn1. The van der Waals surface area contributed by atoms with Gasteiger partial charge in [-0.05, 0) is 12.1 Å². The van der Waals surface area contributed by atoms with Crippen LogP contribution in [-0.2, 0) is 6.54 Å². The van der Waals surface area contributed by atoms with Crippen molar-refractivity contribution in [1.29, 1.82) is 0 Å². The molecule has 2 N–H and O–H groups in total. The monoisotopic (exact) mass is 153 g/mol. The van der Waals surface area contributed by atoms with Crippen molar-refractivity contribution < 1.29 is 9.90 Å². The van der Waals surface area contributed by atoms with Crippen LogP contribution >= 0.6 is 0 Å². The third kappa shape index (κ3) is 2.61. The van der Waals surface area contributed by atoms with Gasteiger partial charge in [0.25, 0.3) is 0 Å². The minimum atomic E-state index is -1.06. The molecule has 0 atom stereocenters. The van der Waals surface area contributed by atoms with Gasteiger partial charge in [0, 0.05) is 6.20 Å². The van der Waals surface area contributed by atoms with Gasteiger partial charge in [-0.15, -0.1) is 0 Å². The molecule has 0 aliphatic heterocycles. The molecule has 5 heteroatoms. The second-order valence-electron chi connectivity index (χ2n) is 1.87. The van der Waals surface area contributed by atoms with E-state index in [9.17, 15) is 4.79 Å². The van der Waals surface area contributed by atoms with Crippen LogP contribution in [0, 0.1) is 0 Å². The van der Waals surface area contributed by atoms with E-state index in [2.05, 4.69) is 15.5 Å². The number of carboxylic acid groups (broad SMARTS) is 1. The van der Waals surface area contributed by atoms with E-state index in [1.54, 1.807) is 12.1 Å². The molecule has 0 saturated heterocycles. The minimum absolute atomic E-state index is 0.198. The highest BCUT2D eigenvalue weighted by molar-refractivity contribution is 5.64. The minimum Gasteiger partial charge on any atom is -0.465 e. The van der Waals surface area contributed by atoms with Gasteiger partial charge >= 0.3 is 6.09 Å². The van der Waals surface area contributed by atoms with Gasteiger partial charge in [-0.25, -0.2) is 4.79 Å². The van der Waals surface area contributed by atoms with Crippen molar-refractivity contribution in [2.75, 3.05) is 0 Å². The summed E-state index contributed by atoms with van der Waals surface area (Å²) in [6.07, 6.45) is 0.472. The number of aromatic nitrogens is 2. The van der Waals surface area contributed by atoms with Crippen LogP contribution in [0.4, 0.5) is 4.79 Å². The van der Waals surface area contributed by atoms with Crippen molar-refractivity contribution >= 4 is 6.09 Å². The molecule has 1 rings (SSSR count). The third-order valence-corrected chi connectivity index (χ3v) is 1.05. The molecule has 0 aliphatic carbocycles. The lowest BCUT2D eigenvalue weighted by Crippen LogP contribution is -2.20. The molecule has 1 amide bonds. The number of carbonyl (C=O) groups is 1. The van der Waals surface area contributed by atoms with Gasteiger partial charge in [0.15, 0.2) is 0 Å². The zero-order valence-electron chi connectivity index (χ0n) is 5.69. The Kier molecular flexibility index (Phi) is 2.37. The summed E-state index contributed by atoms with van der Waals surface area (Å²) < 4.78 is 0. The van der Waals surface area contributed by atoms with E-state index < -0.39 is 6.09 Å². The lowest BCUT2D eigenvalue weighted by molar-refractivity contribution is 0.194. The second kappa shape index (κ2) is 3.50. The Bertz CT molecular complexity index is 237. The summed E-state index contributed by atoms with van der Waals surface area (Å²) in [5.41, 5.74) is 0.606. The van der Waals surface area contributed by atoms with Gasteiger partial charge in [-0.3, -0.25) is 0 Å². The molecule has 0 bridgehead atoms. The summed E-state index contributed by atoms with van der Waals surface area (Å²) in [6, 6.07) is 3.40. The van der Waals surface area contributed by atoms with Crippen LogP contribution < -0.4 is 5.32 Å². The molecule has 1 heterocycles. The summed E-state index contributed by atoms with van der Waals surface area (Å²) in [7, 11) is 0. The second-order valence-corrected chi connectivity index (χ2v) is 1.87. The van der Waals surface area contributed by atoms with Gasteiger partial charge in [0.05, 0.1) is 12.2 Å². The first-order valence-electron chi connectivity index (χ1n) is 3.02. The molecule has 0 radical (unpaired) electrons. The molecule has 58 valence electrons. The summed E-state index contributed by atoms with van der Waals surface area (Å²) in [5, 5.41) is 17.6. The Balaban J connectivity index is 2.45. The fraction of sp³-hybridized carbons (Fsp3) is 0.167. The Morgan fingerprint density at radius 3 is 3.09 bits per heavy atom. The molecule has 0 aliphatic rings. The Morgan fingerprint density at radius 2 is 2.55 bits per heavy atom. The molecule has 0 spiro atoms. The average Bonchev–Trinajstić information content (AvgIpc) is 2.03. The first-order valence-corrected chi connectivity index (χ1v) is 3.02. The smallest absolute Gasteiger partial charge is 0.404 e. The van der Waals surface area contributed by atoms with Crippen LogP contribution in [0.15, 0.2) is 18.3 Å². The van der Waals surface area contributed by atoms with Crippen molar-refractivity contribution in [2.24, 2.45) is 0 Å². The Hall–Kier alpha value is -1.65. The molecular formula is C6H7N3O2. The number of nitrogens with one attached hydrogen (secondary N) is 1. The highest BCUT2D eigenvalue weighted by Gasteiger charge is 1.95. The average molecular weight is 153 g/mol. The number of nitrogens with zero attached hydrogens (tertiary/aromatic N) is 2. The summed E-state index contributed by atoms with van der Waals surface area (Å²) >= 11 is 0. The van der Waals surface area contributed by atoms with Gasteiger partial charge in [-0.1, -0.05) is 0 Å². The highest BCUT2D eigenvalue weighted by atomic mass is 16.4. The molecule has 1 aromatic rings. The van der Waals surface area contributed by atoms with Crippen molar-refractivity contribution in [3.8, 4) is 0 Å². The number of rotatable bonds is 2. The normalized spacial score (nSPS) is 9.09. The molecule has 0 unspecified atom stereocenters. The van der Waals surface area contributed by atoms with E-state index in [4.69, 9.17) is 5.11 Å². The molecular weight excluding hydrogens is 146 g/mol. The Morgan fingerprint density at radius 1 is 1.73 bits per heavy atom. The number of hydrogen-bond donors (Lipinski definition) is 2. The van der Waals surface area contributed by atoms with E-state index in [-0.39, 0.29) is 6.54 Å². The maximum atomic E-state index is 10.0. The molecule has 0 aromatic carbocycles. The van der Waals surface area contributed by atoms with Gasteiger partial charge < -0.3 is 10.4 Å². The van der Waals surface area contributed by atoms with Gasteiger partial charge in [-0.2, -0.15) is 10.2 Å². The topological polar surface area (TPSA) is 75.1 Å². The third-order valence-electron chi connectivity index (χ3n) is 1.05. The van der Waals surface area contributed by atoms with E-state index in [1.807, 2.05) is 0 Å². The van der Waals surface area contributed by atoms with Crippen LogP contribution in [-0.4, -0.2) is 21.4 Å². The zero-order valence-corrected chi connectivity index (χ0v) is 5.69.